The van der Waals surface area contributed by atoms with Crippen LogP contribution in [0.5, 0.6) is 0 Å². The quantitative estimate of drug-likeness (QED) is 0.632. The predicted molar refractivity (Wildman–Crippen MR) is 103 cm³/mol. The molecule has 1 amide bonds. The Morgan fingerprint density at radius 2 is 1.78 bits per heavy atom. The number of carbonyl (C=O) groups excluding carboxylic acids is 1. The highest BCUT2D eigenvalue weighted by Crippen LogP contribution is 2.27. The maximum atomic E-state index is 12.5. The van der Waals surface area contributed by atoms with Crippen LogP contribution in [0.4, 0.5) is 0 Å². The summed E-state index contributed by atoms with van der Waals surface area (Å²) in [5.41, 5.74) is 1.88. The van der Waals surface area contributed by atoms with Gasteiger partial charge in [-0.1, -0.05) is 30.0 Å². The lowest BCUT2D eigenvalue weighted by Gasteiger charge is -2.26. The largest absolute Gasteiger partial charge is 0.378 e. The smallest absolute Gasteiger partial charge is 0.233 e. The molecule has 0 atom stereocenters. The van der Waals surface area contributed by atoms with Crippen LogP contribution < -0.4 is 0 Å². The average Bonchev–Trinajstić information content (AvgIpc) is 3.18. The molecule has 3 heterocycles. The van der Waals surface area contributed by atoms with Crippen LogP contribution in [0, 0.1) is 0 Å². The molecular weight excluding hydrogens is 362 g/mol. The van der Waals surface area contributed by atoms with Crippen molar-refractivity contribution >= 4 is 17.7 Å². The fraction of sp³-hybridized carbons (Fsp3) is 0.263. The minimum absolute atomic E-state index is 0.0939. The fourth-order valence-electron chi connectivity index (χ4n) is 2.89. The number of hydrogen-bond acceptors (Lipinski definition) is 6. The molecule has 4 rings (SSSR count). The van der Waals surface area contributed by atoms with Crippen LogP contribution in [0.3, 0.4) is 0 Å². The number of ether oxygens (including phenoxy) is 1. The first-order valence-electron chi connectivity index (χ1n) is 8.72. The van der Waals surface area contributed by atoms with E-state index in [2.05, 4.69) is 15.2 Å². The minimum Gasteiger partial charge on any atom is -0.378 e. The van der Waals surface area contributed by atoms with E-state index in [1.807, 2.05) is 51.9 Å². The van der Waals surface area contributed by atoms with E-state index >= 15 is 0 Å². The molecule has 3 aromatic rings. The lowest BCUT2D eigenvalue weighted by molar-refractivity contribution is -0.132. The third-order valence-electron chi connectivity index (χ3n) is 4.27. The molecule has 8 heteroatoms. The number of nitrogens with zero attached hydrogens (tertiary/aromatic N) is 5. The van der Waals surface area contributed by atoms with E-state index in [9.17, 15) is 4.79 Å². The number of rotatable bonds is 5. The highest BCUT2D eigenvalue weighted by molar-refractivity contribution is 7.99. The Bertz CT molecular complexity index is 895. The zero-order chi connectivity index (χ0) is 18.5. The van der Waals surface area contributed by atoms with Gasteiger partial charge in [-0.15, -0.1) is 10.2 Å². The molecule has 1 aliphatic heterocycles. The Labute approximate surface area is 161 Å². The van der Waals surface area contributed by atoms with Gasteiger partial charge in [0.15, 0.2) is 11.0 Å². The molecule has 1 fully saturated rings. The van der Waals surface area contributed by atoms with Crippen LogP contribution in [-0.4, -0.2) is 62.6 Å². The van der Waals surface area contributed by atoms with Gasteiger partial charge in [0.25, 0.3) is 0 Å². The number of thioether (sulfide) groups is 1. The van der Waals surface area contributed by atoms with E-state index in [4.69, 9.17) is 4.74 Å². The number of pyridine rings is 1. The number of carbonyl (C=O) groups is 1. The van der Waals surface area contributed by atoms with Gasteiger partial charge in [0, 0.05) is 36.7 Å². The van der Waals surface area contributed by atoms with Crippen LogP contribution in [0.1, 0.15) is 0 Å². The molecule has 0 unspecified atom stereocenters. The van der Waals surface area contributed by atoms with Crippen molar-refractivity contribution in [1.82, 2.24) is 24.6 Å². The summed E-state index contributed by atoms with van der Waals surface area (Å²) in [6, 6.07) is 13.7. The Morgan fingerprint density at radius 3 is 2.52 bits per heavy atom. The van der Waals surface area contributed by atoms with Gasteiger partial charge in [0.1, 0.15) is 0 Å². The standard InChI is InChI=1S/C19H19N5O2S/c25-17(23-10-12-26-13-11-23)14-27-19-22-21-18(15-6-8-20-9-7-15)24(19)16-4-2-1-3-5-16/h1-9H,10-14H2. The second-order valence-electron chi connectivity index (χ2n) is 5.99. The highest BCUT2D eigenvalue weighted by atomic mass is 32.2. The SMILES string of the molecule is O=C(CSc1nnc(-c2ccncc2)n1-c1ccccc1)N1CCOCC1. The van der Waals surface area contributed by atoms with E-state index in [1.165, 1.54) is 11.8 Å². The van der Waals surface area contributed by atoms with E-state index in [-0.39, 0.29) is 5.91 Å². The summed E-state index contributed by atoms with van der Waals surface area (Å²) in [4.78, 5) is 18.4. The Balaban J connectivity index is 1.61. The van der Waals surface area contributed by atoms with Gasteiger partial charge < -0.3 is 9.64 Å². The molecule has 1 aromatic carbocycles. The Kier molecular flexibility index (Phi) is 5.45. The average molecular weight is 381 g/mol. The molecule has 138 valence electrons. The van der Waals surface area contributed by atoms with Crippen molar-refractivity contribution in [3.05, 3.63) is 54.9 Å². The van der Waals surface area contributed by atoms with Gasteiger partial charge in [0.05, 0.1) is 19.0 Å². The molecule has 0 radical (unpaired) electrons. The van der Waals surface area contributed by atoms with Gasteiger partial charge in [0.2, 0.25) is 5.91 Å². The molecule has 2 aromatic heterocycles. The fourth-order valence-corrected chi connectivity index (χ4v) is 3.75. The lowest BCUT2D eigenvalue weighted by atomic mass is 10.2. The molecule has 1 aliphatic rings. The van der Waals surface area contributed by atoms with E-state index in [1.54, 1.807) is 12.4 Å². The Hall–Kier alpha value is -2.71. The zero-order valence-corrected chi connectivity index (χ0v) is 15.5. The van der Waals surface area contributed by atoms with Crippen molar-refractivity contribution in [2.75, 3.05) is 32.1 Å². The number of hydrogen-bond donors (Lipinski definition) is 0. The van der Waals surface area contributed by atoms with Gasteiger partial charge in [-0.05, 0) is 24.3 Å². The van der Waals surface area contributed by atoms with Crippen molar-refractivity contribution < 1.29 is 9.53 Å². The van der Waals surface area contributed by atoms with Gasteiger partial charge in [-0.25, -0.2) is 0 Å². The van der Waals surface area contributed by atoms with Crippen LogP contribution in [0.2, 0.25) is 0 Å². The van der Waals surface area contributed by atoms with E-state index < -0.39 is 0 Å². The van der Waals surface area contributed by atoms with Crippen LogP contribution in [-0.2, 0) is 9.53 Å². The first-order chi connectivity index (χ1) is 13.3. The highest BCUT2D eigenvalue weighted by Gasteiger charge is 2.20. The summed E-state index contributed by atoms with van der Waals surface area (Å²) in [6.07, 6.45) is 3.46. The van der Waals surface area contributed by atoms with Crippen LogP contribution in [0.25, 0.3) is 17.1 Å². The number of aromatic nitrogens is 4. The monoisotopic (exact) mass is 381 g/mol. The molecule has 0 aliphatic carbocycles. The maximum absolute atomic E-state index is 12.5. The van der Waals surface area contributed by atoms with Gasteiger partial charge >= 0.3 is 0 Å². The summed E-state index contributed by atoms with van der Waals surface area (Å²) in [7, 11) is 0. The molecule has 0 spiro atoms. The lowest BCUT2D eigenvalue weighted by Crippen LogP contribution is -2.41. The second-order valence-corrected chi connectivity index (χ2v) is 6.94. The number of amides is 1. The van der Waals surface area contributed by atoms with Crippen molar-refractivity contribution in [2.24, 2.45) is 0 Å². The molecule has 7 nitrogen and oxygen atoms in total. The summed E-state index contributed by atoms with van der Waals surface area (Å²) < 4.78 is 7.29. The van der Waals surface area contributed by atoms with Gasteiger partial charge in [-0.2, -0.15) is 0 Å². The first-order valence-corrected chi connectivity index (χ1v) is 9.71. The normalized spacial score (nSPS) is 14.3. The third kappa shape index (κ3) is 4.01. The molecular formula is C19H19N5O2S. The minimum atomic E-state index is 0.0939. The van der Waals surface area contributed by atoms with Crippen molar-refractivity contribution in [3.63, 3.8) is 0 Å². The van der Waals surface area contributed by atoms with E-state index in [0.29, 0.717) is 37.2 Å². The first kappa shape index (κ1) is 17.7. The molecule has 27 heavy (non-hydrogen) atoms. The summed E-state index contributed by atoms with van der Waals surface area (Å²) in [6.45, 7) is 2.49. The van der Waals surface area contributed by atoms with Crippen molar-refractivity contribution in [2.45, 2.75) is 5.16 Å². The maximum Gasteiger partial charge on any atom is 0.233 e. The van der Waals surface area contributed by atoms with Crippen molar-refractivity contribution in [3.8, 4) is 17.1 Å². The molecule has 0 bridgehead atoms. The third-order valence-corrected chi connectivity index (χ3v) is 5.19. The molecule has 1 saturated heterocycles. The summed E-state index contributed by atoms with van der Waals surface area (Å²) in [5, 5.41) is 9.41. The zero-order valence-electron chi connectivity index (χ0n) is 14.7. The second kappa shape index (κ2) is 8.32. The molecule has 0 saturated carbocycles. The number of benzene rings is 1. The predicted octanol–water partition coefficient (Wildman–Crippen LogP) is 2.28. The van der Waals surface area contributed by atoms with Crippen molar-refractivity contribution in [1.29, 1.82) is 0 Å². The Morgan fingerprint density at radius 1 is 1.04 bits per heavy atom. The number of para-hydroxylation sites is 1. The summed E-state index contributed by atoms with van der Waals surface area (Å²) in [5.74, 6) is 1.14. The van der Waals surface area contributed by atoms with Crippen LogP contribution in [0.15, 0.2) is 60.0 Å². The van der Waals surface area contributed by atoms with E-state index in [0.717, 1.165) is 17.1 Å². The molecule has 0 N–H and O–H groups in total. The van der Waals surface area contributed by atoms with Gasteiger partial charge in [-0.3, -0.25) is 14.3 Å². The topological polar surface area (TPSA) is 73.1 Å². The van der Waals surface area contributed by atoms with Crippen LogP contribution >= 0.6 is 11.8 Å². The number of morpholine rings is 1. The summed E-state index contributed by atoms with van der Waals surface area (Å²) >= 11 is 1.40.